The molecule has 0 radical (unpaired) electrons. The van der Waals surface area contributed by atoms with E-state index in [0.717, 1.165) is 45.9 Å². The summed E-state index contributed by atoms with van der Waals surface area (Å²) < 4.78 is 20.4. The lowest BCUT2D eigenvalue weighted by molar-refractivity contribution is 0.441. The first kappa shape index (κ1) is 15.6. The fourth-order valence-corrected chi connectivity index (χ4v) is 4.28. The Kier molecular flexibility index (Phi) is 3.74. The van der Waals surface area contributed by atoms with Gasteiger partial charge in [-0.2, -0.15) is 4.39 Å². The maximum absolute atomic E-state index is 14.3. The summed E-state index contributed by atoms with van der Waals surface area (Å²) in [7, 11) is 0. The molecular weight excluding hydrogens is 325 g/mol. The summed E-state index contributed by atoms with van der Waals surface area (Å²) in [6.45, 7) is 0. The minimum Gasteiger partial charge on any atom is -0.455 e. The van der Waals surface area contributed by atoms with Crippen molar-refractivity contribution in [1.82, 2.24) is 4.98 Å². The van der Waals surface area contributed by atoms with Gasteiger partial charge in [-0.1, -0.05) is 49.6 Å². The normalized spacial score (nSPS) is 15.7. The summed E-state index contributed by atoms with van der Waals surface area (Å²) in [6.07, 6.45) is 6.01. The van der Waals surface area contributed by atoms with Gasteiger partial charge >= 0.3 is 0 Å². The van der Waals surface area contributed by atoms with E-state index in [2.05, 4.69) is 17.1 Å². The van der Waals surface area contributed by atoms with E-state index in [9.17, 15) is 4.39 Å². The van der Waals surface area contributed by atoms with Crippen LogP contribution >= 0.6 is 0 Å². The molecule has 2 aromatic heterocycles. The van der Waals surface area contributed by atoms with Gasteiger partial charge in [0.15, 0.2) is 0 Å². The fraction of sp³-hybridized carbons (Fsp3) is 0.261. The van der Waals surface area contributed by atoms with E-state index in [0.29, 0.717) is 11.6 Å². The SMILES string of the molecule is Fc1cc(C2CCCCC2)cc(-c2cccc3c2oc2ccccc23)n1. The molecule has 0 N–H and O–H groups in total. The second-order valence-corrected chi connectivity index (χ2v) is 7.22. The molecule has 26 heavy (non-hydrogen) atoms. The molecule has 2 aromatic carbocycles. The van der Waals surface area contributed by atoms with Crippen LogP contribution in [0.2, 0.25) is 0 Å². The highest BCUT2D eigenvalue weighted by molar-refractivity contribution is 6.09. The van der Waals surface area contributed by atoms with Crippen LogP contribution in [0.4, 0.5) is 4.39 Å². The Morgan fingerprint density at radius 1 is 0.885 bits per heavy atom. The summed E-state index contributed by atoms with van der Waals surface area (Å²) in [6, 6.07) is 17.7. The van der Waals surface area contributed by atoms with E-state index >= 15 is 0 Å². The van der Waals surface area contributed by atoms with Crippen LogP contribution in [0.5, 0.6) is 0 Å². The number of para-hydroxylation sites is 2. The summed E-state index contributed by atoms with van der Waals surface area (Å²) in [5.41, 5.74) is 4.21. The topological polar surface area (TPSA) is 26.0 Å². The van der Waals surface area contributed by atoms with Crippen molar-refractivity contribution < 1.29 is 8.81 Å². The molecule has 4 aromatic rings. The monoisotopic (exact) mass is 345 g/mol. The zero-order valence-electron chi connectivity index (χ0n) is 14.5. The number of halogens is 1. The Morgan fingerprint density at radius 3 is 2.58 bits per heavy atom. The Balaban J connectivity index is 1.69. The molecule has 0 aliphatic heterocycles. The predicted octanol–water partition coefficient (Wildman–Crippen LogP) is 6.83. The molecule has 1 fully saturated rings. The molecule has 0 spiro atoms. The minimum absolute atomic E-state index is 0.406. The molecule has 1 aliphatic carbocycles. The molecule has 0 bridgehead atoms. The quantitative estimate of drug-likeness (QED) is 0.372. The average molecular weight is 345 g/mol. The number of hydrogen-bond acceptors (Lipinski definition) is 2. The number of pyridine rings is 1. The molecule has 0 atom stereocenters. The van der Waals surface area contributed by atoms with Crippen LogP contribution in [0.1, 0.15) is 43.6 Å². The smallest absolute Gasteiger partial charge is 0.213 e. The molecule has 0 unspecified atom stereocenters. The zero-order valence-corrected chi connectivity index (χ0v) is 14.5. The van der Waals surface area contributed by atoms with E-state index < -0.39 is 5.95 Å². The highest BCUT2D eigenvalue weighted by atomic mass is 19.1. The Labute approximate surface area is 151 Å². The summed E-state index contributed by atoms with van der Waals surface area (Å²) in [5.74, 6) is 0.0334. The first-order chi connectivity index (χ1) is 12.8. The van der Waals surface area contributed by atoms with Crippen LogP contribution in [0.15, 0.2) is 59.0 Å². The second-order valence-electron chi connectivity index (χ2n) is 7.22. The lowest BCUT2D eigenvalue weighted by Crippen LogP contribution is -2.06. The van der Waals surface area contributed by atoms with Crippen molar-refractivity contribution in [2.75, 3.05) is 0 Å². The van der Waals surface area contributed by atoms with Crippen LogP contribution in [-0.2, 0) is 0 Å². The highest BCUT2D eigenvalue weighted by Gasteiger charge is 2.19. The van der Waals surface area contributed by atoms with E-state index in [1.807, 2.05) is 36.4 Å². The first-order valence-electron chi connectivity index (χ1n) is 9.38. The van der Waals surface area contributed by atoms with Gasteiger partial charge in [-0.15, -0.1) is 0 Å². The van der Waals surface area contributed by atoms with E-state index in [-0.39, 0.29) is 0 Å². The number of hydrogen-bond donors (Lipinski definition) is 0. The van der Waals surface area contributed by atoms with Gasteiger partial charge in [0.1, 0.15) is 11.2 Å². The van der Waals surface area contributed by atoms with Crippen LogP contribution in [0, 0.1) is 5.95 Å². The minimum atomic E-state index is -0.406. The van der Waals surface area contributed by atoms with Crippen molar-refractivity contribution in [3.63, 3.8) is 0 Å². The Hall–Kier alpha value is -2.68. The second kappa shape index (κ2) is 6.24. The van der Waals surface area contributed by atoms with Gasteiger partial charge in [0.05, 0.1) is 5.69 Å². The molecule has 130 valence electrons. The van der Waals surface area contributed by atoms with Gasteiger partial charge in [-0.3, -0.25) is 0 Å². The number of aromatic nitrogens is 1. The van der Waals surface area contributed by atoms with Gasteiger partial charge in [-0.05, 0) is 48.6 Å². The standard InChI is InChI=1S/C23H20FNO/c24-22-14-16(15-7-2-1-3-8-15)13-20(25-22)19-11-6-10-18-17-9-4-5-12-21(17)26-23(18)19/h4-6,9-15H,1-3,7-8H2. The molecular formula is C23H20FNO. The third kappa shape index (κ3) is 2.59. The van der Waals surface area contributed by atoms with Crippen LogP contribution in [0.3, 0.4) is 0 Å². The number of rotatable bonds is 2. The average Bonchev–Trinajstić information content (AvgIpc) is 3.07. The summed E-state index contributed by atoms with van der Waals surface area (Å²) in [5, 5.41) is 2.12. The molecule has 1 aliphatic rings. The summed E-state index contributed by atoms with van der Waals surface area (Å²) >= 11 is 0. The van der Waals surface area contributed by atoms with Crippen molar-refractivity contribution in [2.24, 2.45) is 0 Å². The third-order valence-corrected chi connectivity index (χ3v) is 5.57. The van der Waals surface area contributed by atoms with Gasteiger partial charge < -0.3 is 4.42 Å². The largest absolute Gasteiger partial charge is 0.455 e. The van der Waals surface area contributed by atoms with Crippen molar-refractivity contribution in [1.29, 1.82) is 0 Å². The maximum atomic E-state index is 14.3. The summed E-state index contributed by atoms with van der Waals surface area (Å²) in [4.78, 5) is 4.19. The molecule has 5 rings (SSSR count). The predicted molar refractivity (Wildman–Crippen MR) is 103 cm³/mol. The van der Waals surface area contributed by atoms with Gasteiger partial charge in [0.2, 0.25) is 5.95 Å². The van der Waals surface area contributed by atoms with Crippen molar-refractivity contribution >= 4 is 21.9 Å². The van der Waals surface area contributed by atoms with Crippen LogP contribution < -0.4 is 0 Å². The molecule has 0 saturated heterocycles. The van der Waals surface area contributed by atoms with Crippen molar-refractivity contribution in [3.05, 3.63) is 66.1 Å². The number of nitrogens with zero attached hydrogens (tertiary/aromatic N) is 1. The third-order valence-electron chi connectivity index (χ3n) is 5.57. The zero-order chi connectivity index (χ0) is 17.5. The van der Waals surface area contributed by atoms with Crippen LogP contribution in [0.25, 0.3) is 33.2 Å². The van der Waals surface area contributed by atoms with Crippen LogP contribution in [-0.4, -0.2) is 4.98 Å². The lowest BCUT2D eigenvalue weighted by Gasteiger charge is -2.22. The molecule has 3 heteroatoms. The lowest BCUT2D eigenvalue weighted by atomic mass is 9.84. The Bertz CT molecular complexity index is 1090. The van der Waals surface area contributed by atoms with Gasteiger partial charge in [0, 0.05) is 16.3 Å². The number of fused-ring (bicyclic) bond motifs is 3. The Morgan fingerprint density at radius 2 is 1.69 bits per heavy atom. The van der Waals surface area contributed by atoms with Gasteiger partial charge in [-0.25, -0.2) is 4.98 Å². The number of furan rings is 1. The van der Waals surface area contributed by atoms with E-state index in [1.165, 1.54) is 19.3 Å². The molecule has 2 heterocycles. The number of benzene rings is 2. The molecule has 2 nitrogen and oxygen atoms in total. The first-order valence-corrected chi connectivity index (χ1v) is 9.38. The van der Waals surface area contributed by atoms with E-state index in [1.54, 1.807) is 6.07 Å². The van der Waals surface area contributed by atoms with E-state index in [4.69, 9.17) is 4.42 Å². The molecule has 1 saturated carbocycles. The van der Waals surface area contributed by atoms with Crippen molar-refractivity contribution in [2.45, 2.75) is 38.0 Å². The van der Waals surface area contributed by atoms with Crippen molar-refractivity contribution in [3.8, 4) is 11.3 Å². The fourth-order valence-electron chi connectivity index (χ4n) is 4.28. The molecule has 0 amide bonds. The highest BCUT2D eigenvalue weighted by Crippen LogP contribution is 2.38. The van der Waals surface area contributed by atoms with Gasteiger partial charge in [0.25, 0.3) is 0 Å². The maximum Gasteiger partial charge on any atom is 0.213 e.